The number of thioether (sulfide) groups is 1. The van der Waals surface area contributed by atoms with Crippen molar-refractivity contribution in [2.75, 3.05) is 0 Å². The molecule has 0 bridgehead atoms. The van der Waals surface area contributed by atoms with Gasteiger partial charge in [0.05, 0.1) is 6.10 Å². The fraction of sp³-hybridized carbons (Fsp3) is 0.500. The van der Waals surface area contributed by atoms with E-state index in [0.29, 0.717) is 0 Å². The van der Waals surface area contributed by atoms with Crippen LogP contribution >= 0.6 is 11.8 Å². The van der Waals surface area contributed by atoms with Crippen LogP contribution in [0.5, 0.6) is 0 Å². The Labute approximate surface area is 95.2 Å². The van der Waals surface area contributed by atoms with Gasteiger partial charge >= 0.3 is 0 Å². The summed E-state index contributed by atoms with van der Waals surface area (Å²) in [5.41, 5.74) is 6.19. The number of benzene rings is 1. The van der Waals surface area contributed by atoms with Crippen molar-refractivity contribution in [2.45, 2.75) is 42.2 Å². The first-order valence-electron chi connectivity index (χ1n) is 5.37. The van der Waals surface area contributed by atoms with Crippen LogP contribution in [0.25, 0.3) is 0 Å². The maximum absolute atomic E-state index is 5.98. The van der Waals surface area contributed by atoms with Crippen molar-refractivity contribution in [3.63, 3.8) is 0 Å². The highest BCUT2D eigenvalue weighted by molar-refractivity contribution is 7.99. The average Bonchev–Trinajstić information content (AvgIpc) is 2.17. The molecule has 1 aromatic rings. The molecule has 1 aromatic carbocycles. The Hall–Kier alpha value is -0.510. The maximum atomic E-state index is 5.98. The molecule has 1 fully saturated rings. The summed E-state index contributed by atoms with van der Waals surface area (Å²) >= 11 is 1.77. The molecule has 1 aliphatic rings. The van der Waals surface area contributed by atoms with Gasteiger partial charge in [-0.1, -0.05) is 30.0 Å². The number of nitrogens with two attached hydrogens (primary N) is 1. The highest BCUT2D eigenvalue weighted by Gasteiger charge is 2.25. The van der Waals surface area contributed by atoms with Gasteiger partial charge in [0.25, 0.3) is 0 Å². The van der Waals surface area contributed by atoms with Gasteiger partial charge in [-0.3, -0.25) is 0 Å². The van der Waals surface area contributed by atoms with E-state index in [4.69, 9.17) is 10.5 Å². The van der Waals surface area contributed by atoms with Crippen LogP contribution in [0, 0.1) is 0 Å². The third kappa shape index (κ3) is 3.23. The van der Waals surface area contributed by atoms with Crippen LogP contribution in [0.2, 0.25) is 0 Å². The van der Waals surface area contributed by atoms with Crippen LogP contribution in [0.3, 0.4) is 0 Å². The fourth-order valence-corrected chi connectivity index (χ4v) is 3.07. The number of hydrogen-bond acceptors (Lipinski definition) is 3. The third-order valence-corrected chi connectivity index (χ3v) is 3.64. The second-order valence-corrected chi connectivity index (χ2v) is 5.27. The minimum Gasteiger partial charge on any atom is -0.364 e. The topological polar surface area (TPSA) is 35.2 Å². The SMILES string of the molecule is CC1CC(N)CC(Sc2ccccc2)O1. The van der Waals surface area contributed by atoms with Crippen LogP contribution in [-0.4, -0.2) is 17.6 Å². The normalized spacial score (nSPS) is 31.5. The summed E-state index contributed by atoms with van der Waals surface area (Å²) < 4.78 is 5.84. The Balaban J connectivity index is 1.94. The molecule has 2 N–H and O–H groups in total. The number of hydrogen-bond donors (Lipinski definition) is 1. The third-order valence-electron chi connectivity index (χ3n) is 2.52. The summed E-state index contributed by atoms with van der Waals surface area (Å²) in [6.45, 7) is 2.09. The summed E-state index contributed by atoms with van der Waals surface area (Å²) in [4.78, 5) is 1.25. The zero-order valence-corrected chi connectivity index (χ0v) is 9.74. The molecule has 0 aromatic heterocycles. The van der Waals surface area contributed by atoms with Gasteiger partial charge in [-0.05, 0) is 31.9 Å². The van der Waals surface area contributed by atoms with Crippen LogP contribution in [0.4, 0.5) is 0 Å². The minimum atomic E-state index is 0.214. The molecule has 3 atom stereocenters. The Morgan fingerprint density at radius 3 is 2.67 bits per heavy atom. The largest absolute Gasteiger partial charge is 0.364 e. The monoisotopic (exact) mass is 223 g/mol. The van der Waals surface area contributed by atoms with Gasteiger partial charge in [0.1, 0.15) is 5.44 Å². The van der Waals surface area contributed by atoms with Crippen molar-refractivity contribution in [1.29, 1.82) is 0 Å². The lowest BCUT2D eigenvalue weighted by Gasteiger charge is -2.31. The highest BCUT2D eigenvalue weighted by atomic mass is 32.2. The van der Waals surface area contributed by atoms with E-state index in [-0.39, 0.29) is 17.6 Å². The smallest absolute Gasteiger partial charge is 0.109 e. The second-order valence-electron chi connectivity index (χ2n) is 4.04. The lowest BCUT2D eigenvalue weighted by Crippen LogP contribution is -2.37. The van der Waals surface area contributed by atoms with E-state index in [0.717, 1.165) is 12.8 Å². The first kappa shape index (κ1) is 11.0. The molecule has 3 unspecified atom stereocenters. The van der Waals surface area contributed by atoms with Crippen molar-refractivity contribution in [2.24, 2.45) is 5.73 Å². The Bertz CT molecular complexity index is 294. The van der Waals surface area contributed by atoms with Gasteiger partial charge in [0.2, 0.25) is 0 Å². The first-order chi connectivity index (χ1) is 7.24. The molecule has 0 amide bonds. The molecule has 0 radical (unpaired) electrons. The van der Waals surface area contributed by atoms with E-state index in [2.05, 4.69) is 31.2 Å². The van der Waals surface area contributed by atoms with E-state index in [1.165, 1.54) is 4.90 Å². The number of ether oxygens (including phenoxy) is 1. The van der Waals surface area contributed by atoms with Crippen molar-refractivity contribution in [1.82, 2.24) is 0 Å². The zero-order chi connectivity index (χ0) is 10.7. The van der Waals surface area contributed by atoms with E-state index in [1.54, 1.807) is 11.8 Å². The second kappa shape index (κ2) is 5.01. The maximum Gasteiger partial charge on any atom is 0.109 e. The lowest BCUT2D eigenvalue weighted by molar-refractivity contribution is -0.0000736. The van der Waals surface area contributed by atoms with E-state index in [9.17, 15) is 0 Å². The summed E-state index contributed by atoms with van der Waals surface area (Å²) in [7, 11) is 0. The molecule has 82 valence electrons. The summed E-state index contributed by atoms with van der Waals surface area (Å²) in [5.74, 6) is 0. The molecule has 1 aliphatic heterocycles. The van der Waals surface area contributed by atoms with Crippen LogP contribution in [0.1, 0.15) is 19.8 Å². The zero-order valence-electron chi connectivity index (χ0n) is 8.93. The predicted octanol–water partition coefficient (Wildman–Crippen LogP) is 2.63. The van der Waals surface area contributed by atoms with Crippen molar-refractivity contribution < 1.29 is 4.74 Å². The van der Waals surface area contributed by atoms with E-state index in [1.807, 2.05) is 6.07 Å². The van der Waals surface area contributed by atoms with Gasteiger partial charge in [0, 0.05) is 10.9 Å². The van der Waals surface area contributed by atoms with Gasteiger partial charge < -0.3 is 10.5 Å². The fourth-order valence-electron chi connectivity index (χ4n) is 1.87. The lowest BCUT2D eigenvalue weighted by atomic mass is 10.1. The number of rotatable bonds is 2. The first-order valence-corrected chi connectivity index (χ1v) is 6.25. The Morgan fingerprint density at radius 1 is 1.27 bits per heavy atom. The molecular formula is C12H17NOS. The molecule has 0 spiro atoms. The van der Waals surface area contributed by atoms with Gasteiger partial charge in [0.15, 0.2) is 0 Å². The highest BCUT2D eigenvalue weighted by Crippen LogP contribution is 2.31. The van der Waals surface area contributed by atoms with Gasteiger partial charge in [-0.25, -0.2) is 0 Å². The minimum absolute atomic E-state index is 0.214. The van der Waals surface area contributed by atoms with Crippen LogP contribution in [-0.2, 0) is 4.74 Å². The molecule has 0 aliphatic carbocycles. The molecular weight excluding hydrogens is 206 g/mol. The molecule has 15 heavy (non-hydrogen) atoms. The van der Waals surface area contributed by atoms with Gasteiger partial charge in [-0.2, -0.15) is 0 Å². The molecule has 1 heterocycles. The molecule has 2 nitrogen and oxygen atoms in total. The summed E-state index contributed by atoms with van der Waals surface area (Å²) in [6.07, 6.45) is 2.21. The molecule has 1 saturated heterocycles. The summed E-state index contributed by atoms with van der Waals surface area (Å²) in [5, 5.41) is 0. The van der Waals surface area contributed by atoms with Crippen LogP contribution in [0.15, 0.2) is 35.2 Å². The van der Waals surface area contributed by atoms with E-state index >= 15 is 0 Å². The molecule has 2 rings (SSSR count). The molecule has 0 saturated carbocycles. The van der Waals surface area contributed by atoms with Crippen molar-refractivity contribution >= 4 is 11.8 Å². The Kier molecular flexibility index (Phi) is 3.67. The molecule has 3 heteroatoms. The van der Waals surface area contributed by atoms with Gasteiger partial charge in [-0.15, -0.1) is 0 Å². The predicted molar refractivity (Wildman–Crippen MR) is 63.8 cm³/mol. The van der Waals surface area contributed by atoms with Crippen molar-refractivity contribution in [3.05, 3.63) is 30.3 Å². The summed E-state index contributed by atoms with van der Waals surface area (Å²) in [6, 6.07) is 10.6. The van der Waals surface area contributed by atoms with Crippen LogP contribution < -0.4 is 5.73 Å². The Morgan fingerprint density at radius 2 is 2.00 bits per heavy atom. The standard InChI is InChI=1S/C12H17NOS/c1-9-7-10(13)8-12(14-9)15-11-5-3-2-4-6-11/h2-6,9-10,12H,7-8,13H2,1H3. The average molecular weight is 223 g/mol. The van der Waals surface area contributed by atoms with E-state index < -0.39 is 0 Å². The van der Waals surface area contributed by atoms with Crippen molar-refractivity contribution in [3.8, 4) is 0 Å². The quantitative estimate of drug-likeness (QED) is 0.837.